The van der Waals surface area contributed by atoms with Crippen LogP contribution in [0.15, 0.2) is 48.5 Å². The number of rotatable bonds is 6. The van der Waals surface area contributed by atoms with E-state index in [1.165, 1.54) is 6.07 Å². The molecule has 0 radical (unpaired) electrons. The molecule has 2 aromatic carbocycles. The molecule has 0 aliphatic heterocycles. The number of benzene rings is 2. The van der Waals surface area contributed by atoms with Crippen molar-refractivity contribution >= 4 is 0 Å². The minimum atomic E-state index is -0.826. The van der Waals surface area contributed by atoms with Gasteiger partial charge >= 0.3 is 0 Å². The van der Waals surface area contributed by atoms with Crippen LogP contribution in [0.25, 0.3) is 0 Å². The number of ether oxygens (including phenoxy) is 1. The van der Waals surface area contributed by atoms with Crippen molar-refractivity contribution in [2.45, 2.75) is 13.0 Å². The lowest BCUT2D eigenvalue weighted by molar-refractivity contribution is 0.307. The second-order valence-corrected chi connectivity index (χ2v) is 4.51. The summed E-state index contributed by atoms with van der Waals surface area (Å²) in [6, 6.07) is 13.4. The fourth-order valence-electron chi connectivity index (χ4n) is 1.86. The standard InChI is InChI=1S/C16H17F2NO/c1-12(13-7-8-15(17)16(18)11-13)19-9-10-20-14-5-3-2-4-6-14/h2-8,11-12,19H,9-10H2,1H3. The van der Waals surface area contributed by atoms with E-state index in [0.29, 0.717) is 18.7 Å². The Balaban J connectivity index is 1.77. The second kappa shape index (κ2) is 7.01. The van der Waals surface area contributed by atoms with Crippen molar-refractivity contribution in [2.24, 2.45) is 0 Å². The fraction of sp³-hybridized carbons (Fsp3) is 0.250. The number of halogens is 2. The van der Waals surface area contributed by atoms with Gasteiger partial charge in [0.25, 0.3) is 0 Å². The molecule has 0 saturated heterocycles. The predicted molar refractivity (Wildman–Crippen MR) is 74.7 cm³/mol. The van der Waals surface area contributed by atoms with Crippen molar-refractivity contribution in [3.8, 4) is 5.75 Å². The zero-order valence-electron chi connectivity index (χ0n) is 11.3. The quantitative estimate of drug-likeness (QED) is 0.813. The van der Waals surface area contributed by atoms with E-state index in [1.54, 1.807) is 6.07 Å². The monoisotopic (exact) mass is 277 g/mol. The van der Waals surface area contributed by atoms with E-state index in [9.17, 15) is 8.78 Å². The Kier molecular flexibility index (Phi) is 5.07. The Bertz CT molecular complexity index is 545. The summed E-state index contributed by atoms with van der Waals surface area (Å²) in [6.45, 7) is 3.03. The molecule has 0 fully saturated rings. The highest BCUT2D eigenvalue weighted by atomic mass is 19.2. The first kappa shape index (κ1) is 14.5. The minimum Gasteiger partial charge on any atom is -0.492 e. The van der Waals surface area contributed by atoms with Crippen molar-refractivity contribution in [1.29, 1.82) is 0 Å². The van der Waals surface area contributed by atoms with Crippen LogP contribution >= 0.6 is 0 Å². The van der Waals surface area contributed by atoms with E-state index < -0.39 is 11.6 Å². The van der Waals surface area contributed by atoms with E-state index >= 15 is 0 Å². The van der Waals surface area contributed by atoms with Gasteiger partial charge in [0.2, 0.25) is 0 Å². The molecule has 0 bridgehead atoms. The van der Waals surface area contributed by atoms with Crippen LogP contribution in [-0.2, 0) is 0 Å². The average Bonchev–Trinajstić information content (AvgIpc) is 2.47. The van der Waals surface area contributed by atoms with Crippen LogP contribution in [0.5, 0.6) is 5.75 Å². The van der Waals surface area contributed by atoms with Crippen molar-refractivity contribution in [1.82, 2.24) is 5.32 Å². The number of para-hydroxylation sites is 1. The fourth-order valence-corrected chi connectivity index (χ4v) is 1.86. The van der Waals surface area contributed by atoms with Crippen molar-refractivity contribution in [2.75, 3.05) is 13.2 Å². The Hall–Kier alpha value is -1.94. The van der Waals surface area contributed by atoms with Crippen LogP contribution in [-0.4, -0.2) is 13.2 Å². The highest BCUT2D eigenvalue weighted by Crippen LogP contribution is 2.15. The molecular weight excluding hydrogens is 260 g/mol. The molecule has 2 nitrogen and oxygen atoms in total. The van der Waals surface area contributed by atoms with Gasteiger partial charge in [-0.1, -0.05) is 24.3 Å². The molecule has 0 heterocycles. The largest absolute Gasteiger partial charge is 0.492 e. The van der Waals surface area contributed by atoms with Gasteiger partial charge in [-0.15, -0.1) is 0 Å². The molecule has 1 unspecified atom stereocenters. The molecule has 20 heavy (non-hydrogen) atoms. The topological polar surface area (TPSA) is 21.3 Å². The van der Waals surface area contributed by atoms with Gasteiger partial charge in [0.1, 0.15) is 12.4 Å². The summed E-state index contributed by atoms with van der Waals surface area (Å²) in [5.74, 6) is -0.833. The third-order valence-electron chi connectivity index (χ3n) is 3.01. The maximum atomic E-state index is 13.1. The summed E-state index contributed by atoms with van der Waals surface area (Å²) >= 11 is 0. The van der Waals surface area contributed by atoms with Gasteiger partial charge in [0.15, 0.2) is 11.6 Å². The molecule has 1 atom stereocenters. The Morgan fingerprint density at radius 3 is 2.50 bits per heavy atom. The van der Waals surface area contributed by atoms with Crippen molar-refractivity contribution in [3.05, 3.63) is 65.7 Å². The molecule has 2 aromatic rings. The molecule has 2 rings (SSSR count). The Morgan fingerprint density at radius 2 is 1.80 bits per heavy atom. The number of nitrogens with one attached hydrogen (secondary N) is 1. The van der Waals surface area contributed by atoms with E-state index in [1.807, 2.05) is 37.3 Å². The summed E-state index contributed by atoms with van der Waals surface area (Å²) in [7, 11) is 0. The summed E-state index contributed by atoms with van der Waals surface area (Å²) in [5.41, 5.74) is 0.712. The molecular formula is C16H17F2NO. The van der Waals surface area contributed by atoms with Gasteiger partial charge in [-0.3, -0.25) is 0 Å². The highest BCUT2D eigenvalue weighted by molar-refractivity contribution is 5.21. The number of hydrogen-bond acceptors (Lipinski definition) is 2. The molecule has 0 aliphatic rings. The van der Waals surface area contributed by atoms with Gasteiger partial charge < -0.3 is 10.1 Å². The average molecular weight is 277 g/mol. The van der Waals surface area contributed by atoms with Crippen molar-refractivity contribution in [3.63, 3.8) is 0 Å². The van der Waals surface area contributed by atoms with Gasteiger partial charge in [-0.2, -0.15) is 0 Å². The number of hydrogen-bond donors (Lipinski definition) is 1. The Labute approximate surface area is 117 Å². The van der Waals surface area contributed by atoms with Crippen molar-refractivity contribution < 1.29 is 13.5 Å². The third-order valence-corrected chi connectivity index (χ3v) is 3.01. The highest BCUT2D eigenvalue weighted by Gasteiger charge is 2.08. The van der Waals surface area contributed by atoms with Crippen LogP contribution in [0.4, 0.5) is 8.78 Å². The molecule has 0 aliphatic carbocycles. The van der Waals surface area contributed by atoms with E-state index in [2.05, 4.69) is 5.32 Å². The Morgan fingerprint density at radius 1 is 1.05 bits per heavy atom. The molecule has 4 heteroatoms. The molecule has 0 saturated carbocycles. The van der Waals surface area contributed by atoms with Crippen LogP contribution in [0, 0.1) is 11.6 Å². The predicted octanol–water partition coefficient (Wildman–Crippen LogP) is 3.69. The van der Waals surface area contributed by atoms with Crippen LogP contribution in [0.1, 0.15) is 18.5 Å². The molecule has 1 N–H and O–H groups in total. The zero-order valence-corrected chi connectivity index (χ0v) is 11.3. The lowest BCUT2D eigenvalue weighted by Crippen LogP contribution is -2.24. The third kappa shape index (κ3) is 4.03. The summed E-state index contributed by atoms with van der Waals surface area (Å²) in [6.07, 6.45) is 0. The summed E-state index contributed by atoms with van der Waals surface area (Å²) in [4.78, 5) is 0. The molecule has 0 spiro atoms. The summed E-state index contributed by atoms with van der Waals surface area (Å²) < 4.78 is 31.5. The van der Waals surface area contributed by atoms with Gasteiger partial charge in [0.05, 0.1) is 0 Å². The van der Waals surface area contributed by atoms with Gasteiger partial charge in [-0.25, -0.2) is 8.78 Å². The zero-order chi connectivity index (χ0) is 14.4. The minimum absolute atomic E-state index is 0.0653. The molecule has 0 aromatic heterocycles. The molecule has 106 valence electrons. The second-order valence-electron chi connectivity index (χ2n) is 4.51. The first-order valence-electron chi connectivity index (χ1n) is 6.53. The van der Waals surface area contributed by atoms with Gasteiger partial charge in [-0.05, 0) is 36.8 Å². The smallest absolute Gasteiger partial charge is 0.159 e. The first-order chi connectivity index (χ1) is 9.66. The maximum absolute atomic E-state index is 13.1. The summed E-state index contributed by atoms with van der Waals surface area (Å²) in [5, 5.41) is 3.20. The SMILES string of the molecule is CC(NCCOc1ccccc1)c1ccc(F)c(F)c1. The maximum Gasteiger partial charge on any atom is 0.159 e. The van der Waals surface area contributed by atoms with E-state index in [0.717, 1.165) is 11.8 Å². The van der Waals surface area contributed by atoms with E-state index in [-0.39, 0.29) is 6.04 Å². The normalized spacial score (nSPS) is 12.2. The van der Waals surface area contributed by atoms with Crippen LogP contribution in [0.3, 0.4) is 0 Å². The van der Waals surface area contributed by atoms with Crippen LogP contribution < -0.4 is 10.1 Å². The molecule has 0 amide bonds. The van der Waals surface area contributed by atoms with E-state index in [4.69, 9.17) is 4.74 Å². The van der Waals surface area contributed by atoms with Gasteiger partial charge in [0, 0.05) is 12.6 Å². The van der Waals surface area contributed by atoms with Crippen LogP contribution in [0.2, 0.25) is 0 Å². The lowest BCUT2D eigenvalue weighted by atomic mass is 10.1. The first-order valence-corrected chi connectivity index (χ1v) is 6.53. The lowest BCUT2D eigenvalue weighted by Gasteiger charge is -2.15.